The number of aromatic nitrogens is 1. The van der Waals surface area contributed by atoms with Crippen LogP contribution < -0.4 is 5.46 Å². The van der Waals surface area contributed by atoms with Crippen LogP contribution in [0.25, 0.3) is 33.5 Å². The maximum absolute atomic E-state index is 10.6. The Morgan fingerprint density at radius 3 is 1.66 bits per heavy atom. The first-order valence-electron chi connectivity index (χ1n) is 24.8. The van der Waals surface area contributed by atoms with E-state index in [-0.39, 0.29) is 5.41 Å². The molecule has 0 spiro atoms. The summed E-state index contributed by atoms with van der Waals surface area (Å²) in [6, 6.07) is 39.3. The van der Waals surface area contributed by atoms with Crippen LogP contribution in [0.2, 0.25) is 0 Å². The van der Waals surface area contributed by atoms with Crippen LogP contribution in [-0.4, -0.2) is 28.8 Å². The number of hydrogen-bond acceptors (Lipinski definition) is 3. The minimum atomic E-state index is -0.951. The average Bonchev–Trinajstić information content (AvgIpc) is 3.54. The van der Waals surface area contributed by atoms with Crippen molar-refractivity contribution in [3.05, 3.63) is 132 Å². The zero-order valence-electron chi connectivity index (χ0n) is 39.5. The molecule has 5 aromatic rings. The molecule has 1 aromatic heterocycles. The summed E-state index contributed by atoms with van der Waals surface area (Å²) in [7, 11) is 0.407. The van der Waals surface area contributed by atoms with E-state index in [1.165, 1.54) is 167 Å². The van der Waals surface area contributed by atoms with E-state index in [1.807, 2.05) is 20.0 Å². The molecule has 4 heteroatoms. The standard InChI is InChI=1S/C58H78BNO2/c1-7-9-11-13-17-24-39-58(40-25-18-14-12-10-8-2)53-42-48(47-32-26-31-46(41-47)30-21-16-15-20-27-45-28-22-19-23-29-45)33-36-51(53)52-37-34-49(43-54(52)58)55-38-35-50(44-60-55)59-62-57(5,6)56(3,4)61/h19,22-23,26,28-29,31-38,41-44,59,61H,7-18,20-21,24-25,27,30,39-40H2,1-6H3. The molecule has 0 amide bonds. The molecule has 0 aliphatic heterocycles. The van der Waals surface area contributed by atoms with Crippen molar-refractivity contribution in [2.75, 3.05) is 0 Å². The molecule has 4 aromatic carbocycles. The predicted octanol–water partition coefficient (Wildman–Crippen LogP) is 15.1. The highest BCUT2D eigenvalue weighted by atomic mass is 16.5. The lowest BCUT2D eigenvalue weighted by Gasteiger charge is -2.37. The molecule has 0 radical (unpaired) electrons. The van der Waals surface area contributed by atoms with E-state index in [0.717, 1.165) is 17.6 Å². The van der Waals surface area contributed by atoms with Crippen molar-refractivity contribution in [2.24, 2.45) is 0 Å². The molecular weight excluding hydrogens is 753 g/mol. The predicted molar refractivity (Wildman–Crippen MR) is 268 cm³/mol. The molecule has 1 N–H and O–H groups in total. The topological polar surface area (TPSA) is 42.4 Å². The Morgan fingerprint density at radius 2 is 1.06 bits per heavy atom. The third kappa shape index (κ3) is 12.6. The van der Waals surface area contributed by atoms with Crippen molar-refractivity contribution in [1.29, 1.82) is 0 Å². The fraction of sp³-hybridized carbons (Fsp3) is 0.500. The Kier molecular flexibility index (Phi) is 17.7. The number of nitrogens with zero attached hydrogens (tertiary/aromatic N) is 1. The molecule has 0 unspecified atom stereocenters. The quantitative estimate of drug-likeness (QED) is 0.0423. The van der Waals surface area contributed by atoms with Gasteiger partial charge in [-0.05, 0) is 134 Å². The van der Waals surface area contributed by atoms with Crippen LogP contribution in [0.5, 0.6) is 0 Å². The number of fused-ring (bicyclic) bond motifs is 3. The summed E-state index contributed by atoms with van der Waals surface area (Å²) in [6.07, 6.45) is 27.4. The van der Waals surface area contributed by atoms with Gasteiger partial charge in [0.2, 0.25) is 0 Å². The molecule has 1 aliphatic carbocycles. The zero-order valence-corrected chi connectivity index (χ0v) is 39.5. The van der Waals surface area contributed by atoms with Crippen molar-refractivity contribution in [1.82, 2.24) is 4.98 Å². The number of unbranched alkanes of at least 4 members (excludes halogenated alkanes) is 13. The van der Waals surface area contributed by atoms with E-state index in [4.69, 9.17) is 9.64 Å². The van der Waals surface area contributed by atoms with Gasteiger partial charge >= 0.3 is 7.48 Å². The van der Waals surface area contributed by atoms with Gasteiger partial charge in [0, 0.05) is 17.2 Å². The van der Waals surface area contributed by atoms with Crippen LogP contribution in [0, 0.1) is 0 Å². The van der Waals surface area contributed by atoms with E-state index < -0.39 is 11.2 Å². The van der Waals surface area contributed by atoms with Gasteiger partial charge in [-0.25, -0.2) is 0 Å². The first-order valence-corrected chi connectivity index (χ1v) is 24.8. The molecule has 0 saturated carbocycles. The molecule has 3 nitrogen and oxygen atoms in total. The van der Waals surface area contributed by atoms with Gasteiger partial charge in [0.15, 0.2) is 0 Å². The number of aryl methyl sites for hydroxylation is 2. The molecule has 330 valence electrons. The second-order valence-electron chi connectivity index (χ2n) is 19.6. The second kappa shape index (κ2) is 23.1. The summed E-state index contributed by atoms with van der Waals surface area (Å²) in [5.41, 5.74) is 13.0. The van der Waals surface area contributed by atoms with Crippen molar-refractivity contribution in [2.45, 2.75) is 187 Å². The summed E-state index contributed by atoms with van der Waals surface area (Å²) in [5, 5.41) is 10.6. The molecule has 0 atom stereocenters. The minimum absolute atomic E-state index is 0.0278. The third-order valence-electron chi connectivity index (χ3n) is 14.3. The van der Waals surface area contributed by atoms with Gasteiger partial charge in [0.25, 0.3) is 0 Å². The Morgan fingerprint density at radius 1 is 0.532 bits per heavy atom. The fourth-order valence-electron chi connectivity index (χ4n) is 9.60. The van der Waals surface area contributed by atoms with Crippen molar-refractivity contribution in [3.8, 4) is 33.5 Å². The molecule has 0 bridgehead atoms. The molecule has 6 rings (SSSR count). The van der Waals surface area contributed by atoms with Crippen molar-refractivity contribution >= 4 is 12.9 Å². The van der Waals surface area contributed by atoms with Crippen LogP contribution >= 0.6 is 0 Å². The van der Waals surface area contributed by atoms with Gasteiger partial charge in [-0.1, -0.05) is 189 Å². The van der Waals surface area contributed by atoms with E-state index >= 15 is 0 Å². The van der Waals surface area contributed by atoms with E-state index in [2.05, 4.69) is 117 Å². The Labute approximate surface area is 377 Å². The van der Waals surface area contributed by atoms with E-state index in [9.17, 15) is 5.11 Å². The Balaban J connectivity index is 1.27. The number of aliphatic hydroxyl groups is 1. The smallest absolute Gasteiger partial charge is 0.311 e. The van der Waals surface area contributed by atoms with Gasteiger partial charge in [-0.15, -0.1) is 0 Å². The lowest BCUT2D eigenvalue weighted by Crippen LogP contribution is -2.49. The molecular formula is C58H78BNO2. The summed E-state index contributed by atoms with van der Waals surface area (Å²) in [4.78, 5) is 5.01. The summed E-state index contributed by atoms with van der Waals surface area (Å²) in [6.45, 7) is 12.1. The third-order valence-corrected chi connectivity index (χ3v) is 14.3. The van der Waals surface area contributed by atoms with E-state index in [0.29, 0.717) is 7.48 Å². The highest BCUT2D eigenvalue weighted by Gasteiger charge is 2.43. The highest BCUT2D eigenvalue weighted by Crippen LogP contribution is 2.55. The Hall–Kier alpha value is -3.99. The SMILES string of the molecule is CCCCCCCCC1(CCCCCCCC)c2cc(-c3cccc(CCCCCCc4ccccc4)c3)ccc2-c2ccc(-c3ccc(BOC(C)(C)C(C)(C)O)cn3)cc21. The molecule has 1 heterocycles. The lowest BCUT2D eigenvalue weighted by atomic mass is 9.70. The first kappa shape index (κ1) is 47.5. The van der Waals surface area contributed by atoms with Crippen LogP contribution in [0.3, 0.4) is 0 Å². The van der Waals surface area contributed by atoms with Crippen molar-refractivity contribution < 1.29 is 9.76 Å². The molecule has 0 fully saturated rings. The number of hydrogen-bond donors (Lipinski definition) is 1. The van der Waals surface area contributed by atoms with Gasteiger partial charge in [-0.3, -0.25) is 4.98 Å². The minimum Gasteiger partial charge on any atom is -0.427 e. The monoisotopic (exact) mass is 832 g/mol. The summed E-state index contributed by atoms with van der Waals surface area (Å²) < 4.78 is 6.19. The van der Waals surface area contributed by atoms with Gasteiger partial charge in [0.1, 0.15) is 0 Å². The van der Waals surface area contributed by atoms with Gasteiger partial charge in [-0.2, -0.15) is 0 Å². The molecule has 62 heavy (non-hydrogen) atoms. The fourth-order valence-corrected chi connectivity index (χ4v) is 9.60. The van der Waals surface area contributed by atoms with Gasteiger partial charge < -0.3 is 9.76 Å². The largest absolute Gasteiger partial charge is 0.427 e. The number of benzene rings is 4. The van der Waals surface area contributed by atoms with Crippen LogP contribution in [0.1, 0.15) is 179 Å². The van der Waals surface area contributed by atoms with Crippen LogP contribution in [-0.2, 0) is 22.9 Å². The van der Waals surface area contributed by atoms with Crippen LogP contribution in [0.15, 0.2) is 109 Å². The normalized spacial score (nSPS) is 13.3. The molecule has 0 saturated heterocycles. The van der Waals surface area contributed by atoms with Gasteiger partial charge in [0.05, 0.1) is 16.9 Å². The number of rotatable bonds is 27. The maximum Gasteiger partial charge on any atom is 0.311 e. The zero-order chi connectivity index (χ0) is 43.8. The van der Waals surface area contributed by atoms with E-state index in [1.54, 1.807) is 19.4 Å². The van der Waals surface area contributed by atoms with Crippen molar-refractivity contribution in [3.63, 3.8) is 0 Å². The first-order chi connectivity index (χ1) is 30.0. The average molecular weight is 832 g/mol. The number of pyridine rings is 1. The summed E-state index contributed by atoms with van der Waals surface area (Å²) >= 11 is 0. The molecule has 1 aliphatic rings. The summed E-state index contributed by atoms with van der Waals surface area (Å²) in [5.74, 6) is 0. The Bertz CT molecular complexity index is 2080. The van der Waals surface area contributed by atoms with Crippen LogP contribution in [0.4, 0.5) is 0 Å². The second-order valence-corrected chi connectivity index (χ2v) is 19.6. The highest BCUT2D eigenvalue weighted by molar-refractivity contribution is 6.46. The maximum atomic E-state index is 10.6. The lowest BCUT2D eigenvalue weighted by molar-refractivity contribution is -0.0893.